The molecule has 2 aromatic heterocycles. The van der Waals surface area contributed by atoms with Gasteiger partial charge in [-0.25, -0.2) is 0 Å². The molecule has 0 bridgehead atoms. The van der Waals surface area contributed by atoms with E-state index in [1.165, 1.54) is 4.57 Å². The fourth-order valence-electron chi connectivity index (χ4n) is 2.30. The number of rotatable bonds is 6. The van der Waals surface area contributed by atoms with Crippen molar-refractivity contribution in [1.29, 1.82) is 0 Å². The summed E-state index contributed by atoms with van der Waals surface area (Å²) in [7, 11) is 0.470. The second-order valence-electron chi connectivity index (χ2n) is 6.83. The van der Waals surface area contributed by atoms with E-state index in [0.717, 1.165) is 10.5 Å². The van der Waals surface area contributed by atoms with Crippen molar-refractivity contribution >= 4 is 40.8 Å². The largest absolute Gasteiger partial charge is 0.364 e. The first-order chi connectivity index (χ1) is 10.6. The van der Waals surface area contributed by atoms with Crippen molar-refractivity contribution in [1.82, 2.24) is 9.13 Å². The van der Waals surface area contributed by atoms with Crippen LogP contribution in [-0.2, 0) is 18.5 Å². The van der Waals surface area contributed by atoms with Gasteiger partial charge in [-0.05, 0) is 28.0 Å². The number of carbonyl (C=O) groups excluding carboxylic acids is 1. The summed E-state index contributed by atoms with van der Waals surface area (Å²) in [5.74, 6) is -0.580. The number of primary amides is 1. The lowest BCUT2D eigenvalue weighted by atomic mass is 10.3. The highest BCUT2D eigenvalue weighted by molar-refractivity contribution is 9.10. The maximum absolute atomic E-state index is 12.4. The Kier molecular flexibility index (Phi) is 5.17. The van der Waals surface area contributed by atoms with E-state index in [4.69, 9.17) is 10.5 Å². The van der Waals surface area contributed by atoms with Gasteiger partial charge in [0.05, 0.1) is 0 Å². The van der Waals surface area contributed by atoms with Gasteiger partial charge in [-0.15, -0.1) is 0 Å². The number of hydrogen-bond acceptors (Lipinski definition) is 3. The topological polar surface area (TPSA) is 79.2 Å². The molecular weight excluding hydrogens is 378 g/mol. The minimum atomic E-state index is -1.20. The Morgan fingerprint density at radius 3 is 2.61 bits per heavy atom. The third kappa shape index (κ3) is 3.93. The first-order valence-corrected chi connectivity index (χ1v) is 11.9. The summed E-state index contributed by atoms with van der Waals surface area (Å²) in [4.78, 5) is 24.2. The molecule has 0 radical (unpaired) electrons. The first-order valence-electron chi connectivity index (χ1n) is 7.38. The van der Waals surface area contributed by atoms with E-state index in [9.17, 15) is 9.59 Å². The lowest BCUT2D eigenvalue weighted by molar-refractivity contribution is 0.0829. The third-order valence-electron chi connectivity index (χ3n) is 3.65. The molecule has 2 N–H and O–H groups in total. The summed E-state index contributed by atoms with van der Waals surface area (Å²) < 4.78 is 9.48. The minimum absolute atomic E-state index is 0.137. The van der Waals surface area contributed by atoms with Crippen molar-refractivity contribution in [3.63, 3.8) is 0 Å². The summed E-state index contributed by atoms with van der Waals surface area (Å²) in [5, 5.41) is 0.663. The number of halogens is 1. The second kappa shape index (κ2) is 6.62. The zero-order chi connectivity index (χ0) is 17.4. The van der Waals surface area contributed by atoms with E-state index >= 15 is 0 Å². The van der Waals surface area contributed by atoms with E-state index in [1.807, 2.05) is 0 Å². The van der Waals surface area contributed by atoms with Crippen molar-refractivity contribution in [2.24, 2.45) is 12.8 Å². The van der Waals surface area contributed by atoms with Crippen LogP contribution in [0, 0.1) is 0 Å². The molecule has 0 aromatic carbocycles. The van der Waals surface area contributed by atoms with Crippen molar-refractivity contribution in [3.05, 3.63) is 32.8 Å². The number of carbonyl (C=O) groups is 1. The second-order valence-corrected chi connectivity index (χ2v) is 13.3. The summed E-state index contributed by atoms with van der Waals surface area (Å²) in [6, 6.07) is 2.64. The van der Waals surface area contributed by atoms with Gasteiger partial charge in [0.25, 0.3) is 11.5 Å². The summed E-state index contributed by atoms with van der Waals surface area (Å²) in [5.41, 5.74) is 5.96. The molecule has 0 aliphatic carbocycles. The van der Waals surface area contributed by atoms with Gasteiger partial charge in [-0.1, -0.05) is 19.6 Å². The summed E-state index contributed by atoms with van der Waals surface area (Å²) >= 11 is 3.43. The molecule has 0 unspecified atom stereocenters. The highest BCUT2D eigenvalue weighted by Gasteiger charge is 2.19. The van der Waals surface area contributed by atoms with Crippen LogP contribution in [0.3, 0.4) is 0 Å². The predicted molar refractivity (Wildman–Crippen MR) is 97.5 cm³/mol. The fourth-order valence-corrected chi connectivity index (χ4v) is 3.67. The number of amides is 1. The van der Waals surface area contributed by atoms with E-state index in [0.29, 0.717) is 17.5 Å². The van der Waals surface area contributed by atoms with Crippen LogP contribution in [0.5, 0.6) is 0 Å². The Morgan fingerprint density at radius 1 is 1.39 bits per heavy atom. The Hall–Kier alpha value is -1.38. The number of fused-ring (bicyclic) bond motifs is 1. The molecule has 0 aliphatic rings. The van der Waals surface area contributed by atoms with Crippen molar-refractivity contribution in [2.75, 3.05) is 6.61 Å². The van der Waals surface area contributed by atoms with Gasteiger partial charge in [0, 0.05) is 37.8 Å². The Balaban J connectivity index is 2.42. The molecule has 0 aliphatic heterocycles. The number of nitrogens with zero attached hydrogens (tertiary/aromatic N) is 2. The highest BCUT2D eigenvalue weighted by Crippen LogP contribution is 2.25. The molecule has 0 saturated heterocycles. The van der Waals surface area contributed by atoms with E-state index in [-0.39, 0.29) is 18.0 Å². The van der Waals surface area contributed by atoms with E-state index in [1.54, 1.807) is 23.9 Å². The van der Waals surface area contributed by atoms with Crippen LogP contribution in [0.25, 0.3) is 10.9 Å². The fraction of sp³-hybridized carbons (Fsp3) is 0.467. The van der Waals surface area contributed by atoms with Crippen molar-refractivity contribution in [2.45, 2.75) is 32.4 Å². The number of aromatic nitrogens is 2. The lowest BCUT2D eigenvalue weighted by Gasteiger charge is -2.16. The standard InChI is InChI=1S/C15H22BrN3O3Si/c1-18-8-11(16)10-7-12(14(17)20)19(13(10)15(18)21)9-22-5-6-23(2,3)4/h7-8H,5-6,9H2,1-4H3,(H2,17,20). The third-order valence-corrected chi connectivity index (χ3v) is 5.99. The van der Waals surface area contributed by atoms with E-state index in [2.05, 4.69) is 35.6 Å². The Labute approximate surface area is 144 Å². The van der Waals surface area contributed by atoms with Crippen LogP contribution in [0.4, 0.5) is 0 Å². The van der Waals surface area contributed by atoms with Gasteiger partial charge in [0.2, 0.25) is 0 Å². The van der Waals surface area contributed by atoms with Crippen LogP contribution < -0.4 is 11.3 Å². The van der Waals surface area contributed by atoms with Gasteiger partial charge in [0.1, 0.15) is 17.9 Å². The Bertz CT molecular complexity index is 805. The monoisotopic (exact) mass is 399 g/mol. The van der Waals surface area contributed by atoms with Gasteiger partial charge in [-0.3, -0.25) is 9.59 Å². The normalized spacial score (nSPS) is 12.0. The molecule has 1 amide bonds. The Morgan fingerprint density at radius 2 is 2.04 bits per heavy atom. The molecule has 0 fully saturated rings. The van der Waals surface area contributed by atoms with Crippen LogP contribution >= 0.6 is 15.9 Å². The molecule has 0 spiro atoms. The SMILES string of the molecule is Cn1cc(Br)c2cc(C(N)=O)n(COCC[Si](C)(C)C)c2c1=O. The van der Waals surface area contributed by atoms with Gasteiger partial charge < -0.3 is 19.6 Å². The zero-order valence-corrected chi connectivity index (χ0v) is 16.4. The van der Waals surface area contributed by atoms with Crippen LogP contribution in [0.15, 0.2) is 21.5 Å². The van der Waals surface area contributed by atoms with Crippen molar-refractivity contribution in [3.8, 4) is 0 Å². The smallest absolute Gasteiger partial charge is 0.274 e. The van der Waals surface area contributed by atoms with Crippen LogP contribution in [0.2, 0.25) is 25.7 Å². The molecule has 2 heterocycles. The number of pyridine rings is 1. The number of nitrogens with two attached hydrogens (primary N) is 1. The highest BCUT2D eigenvalue weighted by atomic mass is 79.9. The average molecular weight is 400 g/mol. The maximum atomic E-state index is 12.4. The van der Waals surface area contributed by atoms with Crippen LogP contribution in [0.1, 0.15) is 10.5 Å². The molecule has 6 nitrogen and oxygen atoms in total. The summed E-state index contributed by atoms with van der Waals surface area (Å²) in [6.07, 6.45) is 1.67. The number of ether oxygens (including phenoxy) is 1. The average Bonchev–Trinajstić information content (AvgIpc) is 2.80. The predicted octanol–water partition coefficient (Wildman–Crippen LogP) is 2.51. The van der Waals surface area contributed by atoms with Gasteiger partial charge >= 0.3 is 0 Å². The molecular formula is C15H22BrN3O3Si. The molecule has 2 aromatic rings. The quantitative estimate of drug-likeness (QED) is 0.598. The zero-order valence-electron chi connectivity index (χ0n) is 13.9. The van der Waals surface area contributed by atoms with Gasteiger partial charge in [0.15, 0.2) is 0 Å². The van der Waals surface area contributed by atoms with Gasteiger partial charge in [-0.2, -0.15) is 0 Å². The molecule has 126 valence electrons. The van der Waals surface area contributed by atoms with Crippen molar-refractivity contribution < 1.29 is 9.53 Å². The molecule has 2 rings (SSSR count). The lowest BCUT2D eigenvalue weighted by Crippen LogP contribution is -2.25. The minimum Gasteiger partial charge on any atom is -0.364 e. The number of aryl methyl sites for hydroxylation is 1. The molecule has 0 saturated carbocycles. The van der Waals surface area contributed by atoms with Crippen LogP contribution in [-0.4, -0.2) is 29.7 Å². The first kappa shape index (κ1) is 18.0. The number of hydrogen-bond donors (Lipinski definition) is 1. The molecule has 0 atom stereocenters. The van der Waals surface area contributed by atoms with E-state index < -0.39 is 14.0 Å². The summed E-state index contributed by atoms with van der Waals surface area (Å²) in [6.45, 7) is 7.54. The molecule has 23 heavy (non-hydrogen) atoms. The molecule has 8 heteroatoms. The maximum Gasteiger partial charge on any atom is 0.274 e.